The second-order valence-electron chi connectivity index (χ2n) is 4.26. The summed E-state index contributed by atoms with van der Waals surface area (Å²) in [7, 11) is 0. The highest BCUT2D eigenvalue weighted by molar-refractivity contribution is 4.95. The van der Waals surface area contributed by atoms with Crippen LogP contribution in [0.2, 0.25) is 0 Å². The smallest absolute Gasteiger partial charge is 0.190 e. The maximum absolute atomic E-state index is 13.1. The number of fused-ring (bicyclic) bond motifs is 1. The molecule has 2 saturated heterocycles. The van der Waals surface area contributed by atoms with Gasteiger partial charge in [0.15, 0.2) is 18.2 Å². The van der Waals surface area contributed by atoms with Crippen LogP contribution in [0.1, 0.15) is 13.8 Å². The zero-order valence-electron chi connectivity index (χ0n) is 8.59. The van der Waals surface area contributed by atoms with E-state index in [-0.39, 0.29) is 0 Å². The standard InChI is InChI=1S/C9H15FO5/c1-9(2)14-7-5(12)6(4(10)3-11)13-8(7)15-9/h4-8,11-12H,3H2,1-2H3/t4-,5-,6+,7+,8+/m0/s1. The van der Waals surface area contributed by atoms with E-state index >= 15 is 0 Å². The molecule has 0 bridgehead atoms. The van der Waals surface area contributed by atoms with Gasteiger partial charge >= 0.3 is 0 Å². The first-order chi connectivity index (χ1) is 6.94. The molecule has 0 spiro atoms. The Morgan fingerprint density at radius 1 is 1.40 bits per heavy atom. The van der Waals surface area contributed by atoms with Gasteiger partial charge in [-0.15, -0.1) is 0 Å². The van der Waals surface area contributed by atoms with Gasteiger partial charge in [-0.2, -0.15) is 0 Å². The summed E-state index contributed by atoms with van der Waals surface area (Å²) < 4.78 is 29.0. The molecule has 2 aliphatic rings. The summed E-state index contributed by atoms with van der Waals surface area (Å²) in [4.78, 5) is 0. The van der Waals surface area contributed by atoms with Crippen LogP contribution in [0.25, 0.3) is 0 Å². The van der Waals surface area contributed by atoms with E-state index in [9.17, 15) is 9.50 Å². The van der Waals surface area contributed by atoms with Gasteiger partial charge in [-0.25, -0.2) is 4.39 Å². The van der Waals surface area contributed by atoms with Crippen LogP contribution in [0.3, 0.4) is 0 Å². The molecule has 2 N–H and O–H groups in total. The van der Waals surface area contributed by atoms with Crippen molar-refractivity contribution in [3.63, 3.8) is 0 Å². The minimum atomic E-state index is -1.62. The molecule has 88 valence electrons. The van der Waals surface area contributed by atoms with Crippen molar-refractivity contribution < 1.29 is 28.8 Å². The number of alkyl halides is 1. The quantitative estimate of drug-likeness (QED) is 0.662. The first kappa shape index (κ1) is 11.2. The number of hydrogen-bond donors (Lipinski definition) is 2. The van der Waals surface area contributed by atoms with Crippen LogP contribution < -0.4 is 0 Å². The minimum absolute atomic E-state index is 0.685. The van der Waals surface area contributed by atoms with Gasteiger partial charge in [0.05, 0.1) is 6.61 Å². The predicted octanol–water partition coefficient (Wildman–Crippen LogP) is -0.446. The van der Waals surface area contributed by atoms with Gasteiger partial charge < -0.3 is 24.4 Å². The monoisotopic (exact) mass is 222 g/mol. The Bertz CT molecular complexity index is 247. The number of ether oxygens (including phenoxy) is 3. The third-order valence-electron chi connectivity index (χ3n) is 2.58. The number of rotatable bonds is 2. The van der Waals surface area contributed by atoms with Crippen LogP contribution in [-0.4, -0.2) is 53.4 Å². The Morgan fingerprint density at radius 2 is 2.07 bits per heavy atom. The van der Waals surface area contributed by atoms with Crippen molar-refractivity contribution in [2.24, 2.45) is 0 Å². The molecule has 0 radical (unpaired) electrons. The summed E-state index contributed by atoms with van der Waals surface area (Å²) in [5.74, 6) is -0.827. The van der Waals surface area contributed by atoms with E-state index in [0.29, 0.717) is 0 Å². The third-order valence-corrected chi connectivity index (χ3v) is 2.58. The zero-order chi connectivity index (χ0) is 11.2. The lowest BCUT2D eigenvalue weighted by Crippen LogP contribution is -2.40. The van der Waals surface area contributed by atoms with E-state index in [4.69, 9.17) is 19.3 Å². The molecule has 0 aliphatic carbocycles. The first-order valence-electron chi connectivity index (χ1n) is 4.89. The Labute approximate surface area is 86.7 Å². The summed E-state index contributed by atoms with van der Waals surface area (Å²) in [6.07, 6.45) is -5.26. The van der Waals surface area contributed by atoms with E-state index in [1.54, 1.807) is 13.8 Å². The average Bonchev–Trinajstić information content (AvgIpc) is 2.60. The normalized spacial score (nSPS) is 45.4. The van der Waals surface area contributed by atoms with Gasteiger partial charge in [0.1, 0.15) is 18.3 Å². The summed E-state index contributed by atoms with van der Waals surface area (Å²) in [5.41, 5.74) is 0. The maximum Gasteiger partial charge on any atom is 0.190 e. The lowest BCUT2D eigenvalue weighted by atomic mass is 10.1. The van der Waals surface area contributed by atoms with Crippen molar-refractivity contribution in [2.75, 3.05) is 6.61 Å². The fraction of sp³-hybridized carbons (Fsp3) is 1.00. The number of aliphatic hydroxyl groups excluding tert-OH is 2. The molecule has 0 amide bonds. The van der Waals surface area contributed by atoms with E-state index in [1.165, 1.54) is 0 Å². The SMILES string of the molecule is CC1(C)O[C@H]2O[C@H]([C@@H](F)CO)[C@H](O)[C@H]2O1. The van der Waals surface area contributed by atoms with Crippen LogP contribution in [0.15, 0.2) is 0 Å². The summed E-state index contributed by atoms with van der Waals surface area (Å²) in [6.45, 7) is 2.69. The van der Waals surface area contributed by atoms with Crippen molar-refractivity contribution >= 4 is 0 Å². The van der Waals surface area contributed by atoms with E-state index in [0.717, 1.165) is 0 Å². The molecule has 2 aliphatic heterocycles. The predicted molar refractivity (Wildman–Crippen MR) is 46.7 cm³/mol. The van der Waals surface area contributed by atoms with Crippen molar-refractivity contribution in [2.45, 2.75) is 50.4 Å². The molecule has 2 rings (SSSR count). The molecule has 0 aromatic heterocycles. The summed E-state index contributed by atoms with van der Waals surface area (Å²) >= 11 is 0. The van der Waals surface area contributed by atoms with Gasteiger partial charge in [-0.1, -0.05) is 0 Å². The van der Waals surface area contributed by atoms with Gasteiger partial charge in [-0.05, 0) is 13.8 Å². The Kier molecular flexibility index (Phi) is 2.72. The van der Waals surface area contributed by atoms with Crippen LogP contribution in [0, 0.1) is 0 Å². The van der Waals surface area contributed by atoms with Crippen molar-refractivity contribution in [1.82, 2.24) is 0 Å². The van der Waals surface area contributed by atoms with Crippen molar-refractivity contribution in [1.29, 1.82) is 0 Å². The summed E-state index contributed by atoms with van der Waals surface area (Å²) in [5, 5.41) is 18.3. The molecular formula is C9H15FO5. The number of hydrogen-bond acceptors (Lipinski definition) is 5. The van der Waals surface area contributed by atoms with Gasteiger partial charge in [0, 0.05) is 0 Å². The minimum Gasteiger partial charge on any atom is -0.393 e. The molecule has 5 nitrogen and oxygen atoms in total. The highest BCUT2D eigenvalue weighted by atomic mass is 19.1. The zero-order valence-corrected chi connectivity index (χ0v) is 8.59. The largest absolute Gasteiger partial charge is 0.393 e. The molecule has 6 heteroatoms. The lowest BCUT2D eigenvalue weighted by molar-refractivity contribution is -0.222. The van der Waals surface area contributed by atoms with E-state index < -0.39 is 43.2 Å². The first-order valence-corrected chi connectivity index (χ1v) is 4.89. The fourth-order valence-electron chi connectivity index (χ4n) is 1.92. The molecule has 2 fully saturated rings. The van der Waals surface area contributed by atoms with E-state index in [2.05, 4.69) is 0 Å². The molecule has 0 unspecified atom stereocenters. The van der Waals surface area contributed by atoms with Gasteiger partial charge in [0.2, 0.25) is 0 Å². The molecule has 0 aromatic carbocycles. The topological polar surface area (TPSA) is 68.2 Å². The Balaban J connectivity index is 2.05. The lowest BCUT2D eigenvalue weighted by Gasteiger charge is -2.24. The third kappa shape index (κ3) is 1.88. The van der Waals surface area contributed by atoms with E-state index in [1.807, 2.05) is 0 Å². The summed E-state index contributed by atoms with van der Waals surface area (Å²) in [6, 6.07) is 0. The van der Waals surface area contributed by atoms with Crippen molar-refractivity contribution in [3.8, 4) is 0 Å². The van der Waals surface area contributed by atoms with Crippen LogP contribution in [0.4, 0.5) is 4.39 Å². The molecular weight excluding hydrogens is 207 g/mol. The average molecular weight is 222 g/mol. The second kappa shape index (κ2) is 3.64. The fourth-order valence-corrected chi connectivity index (χ4v) is 1.92. The highest BCUT2D eigenvalue weighted by Crippen LogP contribution is 2.38. The number of halogens is 1. The van der Waals surface area contributed by atoms with Gasteiger partial charge in [0.25, 0.3) is 0 Å². The second-order valence-corrected chi connectivity index (χ2v) is 4.26. The highest BCUT2D eigenvalue weighted by Gasteiger charge is 2.56. The van der Waals surface area contributed by atoms with Crippen LogP contribution in [0.5, 0.6) is 0 Å². The number of aliphatic hydroxyl groups is 2. The Morgan fingerprint density at radius 3 is 2.60 bits per heavy atom. The molecule has 2 heterocycles. The van der Waals surface area contributed by atoms with Gasteiger partial charge in [-0.3, -0.25) is 0 Å². The maximum atomic E-state index is 13.1. The molecule has 5 atom stereocenters. The molecule has 0 saturated carbocycles. The molecule has 0 aromatic rings. The van der Waals surface area contributed by atoms with Crippen LogP contribution >= 0.6 is 0 Å². The van der Waals surface area contributed by atoms with Crippen molar-refractivity contribution in [3.05, 3.63) is 0 Å². The van der Waals surface area contributed by atoms with Crippen LogP contribution in [-0.2, 0) is 14.2 Å². The Hall–Kier alpha value is -0.270. The molecule has 15 heavy (non-hydrogen) atoms.